The molecule has 0 aromatic rings. The lowest BCUT2D eigenvalue weighted by Crippen LogP contribution is -2.34. The van der Waals surface area contributed by atoms with E-state index >= 15 is 0 Å². The topological polar surface area (TPSA) is 3.24 Å². The second-order valence-electron chi connectivity index (χ2n) is 4.64. The molecule has 1 aliphatic heterocycles. The number of alkyl halides is 2. The van der Waals surface area contributed by atoms with E-state index in [2.05, 4.69) is 11.8 Å². The number of hydrogen-bond acceptors (Lipinski definition) is 1. The van der Waals surface area contributed by atoms with Crippen molar-refractivity contribution in [3.63, 3.8) is 0 Å². The molecule has 1 aliphatic carbocycles. The van der Waals surface area contributed by atoms with Crippen molar-refractivity contribution in [2.75, 3.05) is 19.6 Å². The molecule has 0 radical (unpaired) electrons. The second kappa shape index (κ2) is 2.66. The molecule has 2 aliphatic rings. The molecule has 2 fully saturated rings. The summed E-state index contributed by atoms with van der Waals surface area (Å²) < 4.78 is 26.5. The molecule has 3 heteroatoms. The maximum Gasteiger partial charge on any atom is 0.258 e. The third kappa shape index (κ3) is 1.13. The van der Waals surface area contributed by atoms with Crippen molar-refractivity contribution in [1.82, 2.24) is 4.90 Å². The molecule has 1 nitrogen and oxygen atoms in total. The van der Waals surface area contributed by atoms with Gasteiger partial charge in [-0.25, -0.2) is 8.78 Å². The molecule has 0 aromatic heterocycles. The molecule has 1 saturated heterocycles. The van der Waals surface area contributed by atoms with Crippen LogP contribution in [0.25, 0.3) is 0 Å². The van der Waals surface area contributed by atoms with E-state index < -0.39 is 11.3 Å². The third-order valence-electron chi connectivity index (χ3n) is 3.81. The normalized spacial score (nSPS) is 42.9. The Balaban J connectivity index is 1.98. The van der Waals surface area contributed by atoms with Crippen LogP contribution < -0.4 is 0 Å². The number of likely N-dealkylation sites (tertiary alicyclic amines) is 1. The molecule has 0 bridgehead atoms. The predicted molar refractivity (Wildman–Crippen MR) is 47.9 cm³/mol. The van der Waals surface area contributed by atoms with Crippen LogP contribution in [0.15, 0.2) is 0 Å². The molecule has 0 spiro atoms. The Hall–Kier alpha value is -0.180. The number of rotatable bonds is 2. The fourth-order valence-electron chi connectivity index (χ4n) is 2.59. The highest BCUT2D eigenvalue weighted by atomic mass is 19.3. The molecule has 0 aromatic carbocycles. The van der Waals surface area contributed by atoms with E-state index in [1.807, 2.05) is 0 Å². The standard InChI is InChI=1S/C10H17F2N/c1-3-5-13-6-4-9(2)8(7-13)10(9,11)12/h8H,3-7H2,1-2H3. The highest BCUT2D eigenvalue weighted by Crippen LogP contribution is 2.69. The summed E-state index contributed by atoms with van der Waals surface area (Å²) in [5.74, 6) is -2.74. The van der Waals surface area contributed by atoms with Gasteiger partial charge in [0.15, 0.2) is 0 Å². The van der Waals surface area contributed by atoms with Gasteiger partial charge in [0, 0.05) is 17.9 Å². The predicted octanol–water partition coefficient (Wildman–Crippen LogP) is 2.37. The first-order valence-corrected chi connectivity index (χ1v) is 5.12. The highest BCUT2D eigenvalue weighted by molar-refractivity contribution is 5.18. The van der Waals surface area contributed by atoms with E-state index in [1.54, 1.807) is 6.92 Å². The van der Waals surface area contributed by atoms with Gasteiger partial charge in [0.1, 0.15) is 0 Å². The first-order chi connectivity index (χ1) is 6.02. The van der Waals surface area contributed by atoms with Crippen LogP contribution >= 0.6 is 0 Å². The molecule has 2 unspecified atom stereocenters. The van der Waals surface area contributed by atoms with Crippen LogP contribution in [0.4, 0.5) is 8.78 Å². The van der Waals surface area contributed by atoms with Gasteiger partial charge in [0.2, 0.25) is 0 Å². The summed E-state index contributed by atoms with van der Waals surface area (Å²) in [6.07, 6.45) is 1.74. The van der Waals surface area contributed by atoms with Crippen LogP contribution in [-0.4, -0.2) is 30.5 Å². The number of hydrogen-bond donors (Lipinski definition) is 0. The average molecular weight is 189 g/mol. The van der Waals surface area contributed by atoms with E-state index in [1.165, 1.54) is 0 Å². The van der Waals surface area contributed by atoms with Crippen molar-refractivity contribution in [1.29, 1.82) is 0 Å². The maximum absolute atomic E-state index is 13.3. The summed E-state index contributed by atoms with van der Waals surface area (Å²) in [6.45, 7) is 6.27. The Bertz CT molecular complexity index is 217. The van der Waals surface area contributed by atoms with Gasteiger partial charge in [-0.05, 0) is 25.9 Å². The Kier molecular flexibility index (Phi) is 1.92. The molecular formula is C10H17F2N. The second-order valence-corrected chi connectivity index (χ2v) is 4.64. The van der Waals surface area contributed by atoms with Crippen molar-refractivity contribution in [2.45, 2.75) is 32.6 Å². The number of nitrogens with zero attached hydrogens (tertiary/aromatic N) is 1. The molecule has 1 heterocycles. The van der Waals surface area contributed by atoms with Gasteiger partial charge in [-0.15, -0.1) is 0 Å². The van der Waals surface area contributed by atoms with E-state index in [-0.39, 0.29) is 5.92 Å². The minimum Gasteiger partial charge on any atom is -0.303 e. The lowest BCUT2D eigenvalue weighted by atomic mass is 9.97. The molecule has 1 saturated carbocycles. The van der Waals surface area contributed by atoms with Gasteiger partial charge < -0.3 is 4.90 Å². The van der Waals surface area contributed by atoms with E-state index in [0.29, 0.717) is 13.0 Å². The summed E-state index contributed by atoms with van der Waals surface area (Å²) >= 11 is 0. The van der Waals surface area contributed by atoms with Crippen LogP contribution in [-0.2, 0) is 0 Å². The van der Waals surface area contributed by atoms with E-state index in [0.717, 1.165) is 19.5 Å². The first kappa shape index (κ1) is 9.38. The molecule has 0 N–H and O–H groups in total. The molecule has 2 rings (SSSR count). The molecule has 0 amide bonds. The van der Waals surface area contributed by atoms with Crippen molar-refractivity contribution < 1.29 is 8.78 Å². The highest BCUT2D eigenvalue weighted by Gasteiger charge is 2.78. The minimum atomic E-state index is -2.38. The molecule has 76 valence electrons. The zero-order valence-electron chi connectivity index (χ0n) is 8.32. The maximum atomic E-state index is 13.3. The van der Waals surface area contributed by atoms with Crippen LogP contribution in [0.5, 0.6) is 0 Å². The number of halogens is 2. The summed E-state index contributed by atoms with van der Waals surface area (Å²) in [7, 11) is 0. The monoisotopic (exact) mass is 189 g/mol. The molecular weight excluding hydrogens is 172 g/mol. The van der Waals surface area contributed by atoms with Gasteiger partial charge in [0.05, 0.1) is 0 Å². The quantitative estimate of drug-likeness (QED) is 0.644. The van der Waals surface area contributed by atoms with Crippen molar-refractivity contribution in [3.05, 3.63) is 0 Å². The Morgan fingerprint density at radius 1 is 1.46 bits per heavy atom. The number of piperidine rings is 1. The summed E-state index contributed by atoms with van der Waals surface area (Å²) in [4.78, 5) is 2.17. The SMILES string of the molecule is CCCN1CCC2(C)C(C1)C2(F)F. The first-order valence-electron chi connectivity index (χ1n) is 5.12. The number of fused-ring (bicyclic) bond motifs is 1. The van der Waals surface area contributed by atoms with E-state index in [4.69, 9.17) is 0 Å². The summed E-state index contributed by atoms with van der Waals surface area (Å²) in [5, 5.41) is 0. The summed E-state index contributed by atoms with van der Waals surface area (Å²) in [5.41, 5.74) is -0.656. The van der Waals surface area contributed by atoms with Crippen LogP contribution in [0.3, 0.4) is 0 Å². The van der Waals surface area contributed by atoms with Crippen LogP contribution in [0, 0.1) is 11.3 Å². The zero-order valence-corrected chi connectivity index (χ0v) is 8.32. The van der Waals surface area contributed by atoms with Gasteiger partial charge in [-0.3, -0.25) is 0 Å². The lowest BCUT2D eigenvalue weighted by Gasteiger charge is -2.27. The van der Waals surface area contributed by atoms with Crippen molar-refractivity contribution >= 4 is 0 Å². The van der Waals surface area contributed by atoms with Gasteiger partial charge in [0.25, 0.3) is 5.92 Å². The zero-order chi connectivity index (χ0) is 9.69. The largest absolute Gasteiger partial charge is 0.303 e. The van der Waals surface area contributed by atoms with E-state index in [9.17, 15) is 8.78 Å². The van der Waals surface area contributed by atoms with Gasteiger partial charge in [-0.2, -0.15) is 0 Å². The Morgan fingerprint density at radius 3 is 2.69 bits per heavy atom. The van der Waals surface area contributed by atoms with Gasteiger partial charge >= 0.3 is 0 Å². The molecule has 13 heavy (non-hydrogen) atoms. The summed E-state index contributed by atoms with van der Waals surface area (Å²) in [6, 6.07) is 0. The van der Waals surface area contributed by atoms with Crippen LogP contribution in [0.1, 0.15) is 26.7 Å². The smallest absolute Gasteiger partial charge is 0.258 e. The Labute approximate surface area is 78.1 Å². The average Bonchev–Trinajstić information content (AvgIpc) is 2.50. The fourth-order valence-corrected chi connectivity index (χ4v) is 2.59. The van der Waals surface area contributed by atoms with Crippen LogP contribution in [0.2, 0.25) is 0 Å². The molecule has 2 atom stereocenters. The van der Waals surface area contributed by atoms with Gasteiger partial charge in [-0.1, -0.05) is 13.8 Å². The Morgan fingerprint density at radius 2 is 2.15 bits per heavy atom. The lowest BCUT2D eigenvalue weighted by molar-refractivity contribution is 0.0636. The minimum absolute atomic E-state index is 0.361. The third-order valence-corrected chi connectivity index (χ3v) is 3.81. The van der Waals surface area contributed by atoms with Crippen molar-refractivity contribution in [2.24, 2.45) is 11.3 Å². The van der Waals surface area contributed by atoms with Crippen molar-refractivity contribution in [3.8, 4) is 0 Å². The fraction of sp³-hybridized carbons (Fsp3) is 1.00.